The number of aromatic nitrogens is 2. The molecule has 70 valence electrons. The van der Waals surface area contributed by atoms with Crippen molar-refractivity contribution >= 4 is 15.9 Å². The van der Waals surface area contributed by atoms with Crippen molar-refractivity contribution in [1.29, 1.82) is 0 Å². The molecule has 2 nitrogen and oxygen atoms in total. The summed E-state index contributed by atoms with van der Waals surface area (Å²) < 4.78 is 0.895. The van der Waals surface area contributed by atoms with Crippen LogP contribution in [0, 0.1) is 0 Å². The fourth-order valence-corrected chi connectivity index (χ4v) is 2.04. The summed E-state index contributed by atoms with van der Waals surface area (Å²) in [7, 11) is 0. The summed E-state index contributed by atoms with van der Waals surface area (Å²) >= 11 is 3.43. The normalized spacial score (nSPS) is 16.6. The van der Waals surface area contributed by atoms with Gasteiger partial charge in [-0.15, -0.1) is 5.10 Å². The topological polar surface area (TPSA) is 25.8 Å². The molecular weight excluding hydrogens is 228 g/mol. The molecule has 0 amide bonds. The molecule has 1 aliphatic carbocycles. The van der Waals surface area contributed by atoms with E-state index in [1.807, 2.05) is 0 Å². The predicted octanol–water partition coefficient (Wildman–Crippen LogP) is 3.24. The van der Waals surface area contributed by atoms with Gasteiger partial charge in [-0.25, -0.2) is 0 Å². The molecule has 1 saturated carbocycles. The standard InChI is InChI=1S/C10H13BrN2/c1-6(2)8-5-9(7-3-4-7)12-13-10(8)11/h5-7H,3-4H2,1-2H3. The van der Waals surface area contributed by atoms with E-state index in [-0.39, 0.29) is 0 Å². The van der Waals surface area contributed by atoms with E-state index in [2.05, 4.69) is 46.0 Å². The molecule has 0 N–H and O–H groups in total. The lowest BCUT2D eigenvalue weighted by molar-refractivity contribution is 0.802. The van der Waals surface area contributed by atoms with Gasteiger partial charge in [0.25, 0.3) is 0 Å². The van der Waals surface area contributed by atoms with Crippen molar-refractivity contribution in [3.63, 3.8) is 0 Å². The minimum Gasteiger partial charge on any atom is -0.154 e. The van der Waals surface area contributed by atoms with Crippen molar-refractivity contribution in [1.82, 2.24) is 10.2 Å². The highest BCUT2D eigenvalue weighted by molar-refractivity contribution is 9.10. The highest BCUT2D eigenvalue weighted by Gasteiger charge is 2.26. The van der Waals surface area contributed by atoms with Crippen LogP contribution < -0.4 is 0 Å². The Morgan fingerprint density at radius 3 is 2.62 bits per heavy atom. The zero-order valence-electron chi connectivity index (χ0n) is 7.92. The Morgan fingerprint density at radius 1 is 1.38 bits per heavy atom. The Hall–Kier alpha value is -0.440. The molecule has 0 atom stereocenters. The summed E-state index contributed by atoms with van der Waals surface area (Å²) in [6.07, 6.45) is 2.57. The van der Waals surface area contributed by atoms with Crippen molar-refractivity contribution < 1.29 is 0 Å². The maximum atomic E-state index is 4.19. The van der Waals surface area contributed by atoms with E-state index in [0.29, 0.717) is 11.8 Å². The summed E-state index contributed by atoms with van der Waals surface area (Å²) in [6.45, 7) is 4.36. The van der Waals surface area contributed by atoms with Gasteiger partial charge in [0.05, 0.1) is 5.69 Å². The molecule has 0 bridgehead atoms. The summed E-state index contributed by atoms with van der Waals surface area (Å²) in [5.74, 6) is 1.21. The average Bonchev–Trinajstić information content (AvgIpc) is 2.87. The second-order valence-corrected chi connectivity index (χ2v) is 4.70. The molecule has 0 unspecified atom stereocenters. The average molecular weight is 241 g/mol. The first-order valence-corrected chi connectivity index (χ1v) is 5.51. The Bertz CT molecular complexity index is 319. The fourth-order valence-electron chi connectivity index (χ4n) is 1.39. The van der Waals surface area contributed by atoms with Gasteiger partial charge in [-0.1, -0.05) is 13.8 Å². The van der Waals surface area contributed by atoms with Crippen LogP contribution in [0.3, 0.4) is 0 Å². The molecule has 0 spiro atoms. The van der Waals surface area contributed by atoms with E-state index in [9.17, 15) is 0 Å². The molecule has 1 aromatic rings. The third-order valence-electron chi connectivity index (χ3n) is 2.41. The number of hydrogen-bond acceptors (Lipinski definition) is 2. The van der Waals surface area contributed by atoms with Crippen LogP contribution in [0.2, 0.25) is 0 Å². The quantitative estimate of drug-likeness (QED) is 0.794. The zero-order valence-corrected chi connectivity index (χ0v) is 9.50. The molecule has 1 fully saturated rings. The molecular formula is C10H13BrN2. The number of rotatable bonds is 2. The van der Waals surface area contributed by atoms with Crippen LogP contribution in [0.5, 0.6) is 0 Å². The van der Waals surface area contributed by atoms with Gasteiger partial charge in [0.1, 0.15) is 4.60 Å². The highest BCUT2D eigenvalue weighted by Crippen LogP contribution is 2.39. The Kier molecular flexibility index (Phi) is 2.37. The lowest BCUT2D eigenvalue weighted by Gasteiger charge is -2.07. The molecule has 1 heterocycles. The van der Waals surface area contributed by atoms with Gasteiger partial charge in [0, 0.05) is 5.92 Å². The number of halogens is 1. The first-order chi connectivity index (χ1) is 6.18. The van der Waals surface area contributed by atoms with Crippen LogP contribution in [0.1, 0.15) is 49.8 Å². The lowest BCUT2D eigenvalue weighted by Crippen LogP contribution is -1.98. The number of hydrogen-bond donors (Lipinski definition) is 0. The Balaban J connectivity index is 2.36. The van der Waals surface area contributed by atoms with E-state index in [4.69, 9.17) is 0 Å². The van der Waals surface area contributed by atoms with E-state index >= 15 is 0 Å². The van der Waals surface area contributed by atoms with Gasteiger partial charge < -0.3 is 0 Å². The highest BCUT2D eigenvalue weighted by atomic mass is 79.9. The second kappa shape index (κ2) is 3.37. The van der Waals surface area contributed by atoms with E-state index in [0.717, 1.165) is 4.60 Å². The summed E-state index contributed by atoms with van der Waals surface area (Å²) in [5.41, 5.74) is 2.45. The lowest BCUT2D eigenvalue weighted by atomic mass is 10.0. The molecule has 2 rings (SSSR count). The van der Waals surface area contributed by atoms with E-state index in [1.165, 1.54) is 24.1 Å². The third kappa shape index (κ3) is 1.90. The minimum atomic E-state index is 0.516. The molecule has 0 aromatic carbocycles. The van der Waals surface area contributed by atoms with Crippen LogP contribution in [-0.4, -0.2) is 10.2 Å². The second-order valence-electron chi connectivity index (χ2n) is 3.94. The van der Waals surface area contributed by atoms with Gasteiger partial charge in [-0.05, 0) is 46.3 Å². The fraction of sp³-hybridized carbons (Fsp3) is 0.600. The molecule has 0 radical (unpaired) electrons. The van der Waals surface area contributed by atoms with Gasteiger partial charge in [-0.3, -0.25) is 0 Å². The largest absolute Gasteiger partial charge is 0.154 e. The maximum Gasteiger partial charge on any atom is 0.132 e. The van der Waals surface area contributed by atoms with Crippen molar-refractivity contribution in [3.8, 4) is 0 Å². The van der Waals surface area contributed by atoms with Crippen molar-refractivity contribution in [2.24, 2.45) is 0 Å². The van der Waals surface area contributed by atoms with Gasteiger partial charge in [0.2, 0.25) is 0 Å². The first-order valence-electron chi connectivity index (χ1n) is 4.71. The maximum absolute atomic E-state index is 4.19. The molecule has 13 heavy (non-hydrogen) atoms. The monoisotopic (exact) mass is 240 g/mol. The van der Waals surface area contributed by atoms with Gasteiger partial charge >= 0.3 is 0 Å². The van der Waals surface area contributed by atoms with Crippen LogP contribution in [0.25, 0.3) is 0 Å². The third-order valence-corrected chi connectivity index (χ3v) is 3.03. The van der Waals surface area contributed by atoms with Crippen LogP contribution >= 0.6 is 15.9 Å². The summed E-state index contributed by atoms with van der Waals surface area (Å²) in [4.78, 5) is 0. The van der Waals surface area contributed by atoms with Crippen LogP contribution in [0.4, 0.5) is 0 Å². The molecule has 1 aromatic heterocycles. The first kappa shape index (κ1) is 9.13. The minimum absolute atomic E-state index is 0.516. The van der Waals surface area contributed by atoms with E-state index in [1.54, 1.807) is 0 Å². The van der Waals surface area contributed by atoms with Crippen LogP contribution in [-0.2, 0) is 0 Å². The van der Waals surface area contributed by atoms with Crippen molar-refractivity contribution in [2.75, 3.05) is 0 Å². The zero-order chi connectivity index (χ0) is 9.42. The van der Waals surface area contributed by atoms with E-state index < -0.39 is 0 Å². The summed E-state index contributed by atoms with van der Waals surface area (Å²) in [6, 6.07) is 2.19. The smallest absolute Gasteiger partial charge is 0.132 e. The summed E-state index contributed by atoms with van der Waals surface area (Å²) in [5, 5.41) is 8.31. The van der Waals surface area contributed by atoms with Gasteiger partial charge in [0.15, 0.2) is 0 Å². The molecule has 0 aliphatic heterocycles. The Morgan fingerprint density at radius 2 is 2.08 bits per heavy atom. The SMILES string of the molecule is CC(C)c1cc(C2CC2)nnc1Br. The predicted molar refractivity (Wildman–Crippen MR) is 55.8 cm³/mol. The van der Waals surface area contributed by atoms with Crippen LogP contribution in [0.15, 0.2) is 10.7 Å². The molecule has 3 heteroatoms. The van der Waals surface area contributed by atoms with Crippen molar-refractivity contribution in [3.05, 3.63) is 21.9 Å². The van der Waals surface area contributed by atoms with Gasteiger partial charge in [-0.2, -0.15) is 5.10 Å². The molecule has 1 aliphatic rings. The molecule has 0 saturated heterocycles. The number of nitrogens with zero attached hydrogens (tertiary/aromatic N) is 2. The van der Waals surface area contributed by atoms with Crippen molar-refractivity contribution in [2.45, 2.75) is 38.5 Å². The Labute approximate surface area is 86.9 Å².